The molecule has 0 spiro atoms. The lowest BCUT2D eigenvalue weighted by molar-refractivity contribution is 0.547. The Morgan fingerprint density at radius 3 is 2.70 bits per heavy atom. The number of nitrogens with zero attached hydrogens (tertiary/aromatic N) is 2. The molecular weight excluding hydrogens is 341 g/mol. The van der Waals surface area contributed by atoms with Gasteiger partial charge in [0.2, 0.25) is 10.0 Å². The highest BCUT2D eigenvalue weighted by atomic mass is 35.5. The van der Waals surface area contributed by atoms with Crippen LogP contribution in [-0.2, 0) is 16.6 Å². The van der Waals surface area contributed by atoms with E-state index in [9.17, 15) is 8.42 Å². The Labute approximate surface area is 131 Å². The summed E-state index contributed by atoms with van der Waals surface area (Å²) in [5.41, 5.74) is 0.875. The fourth-order valence-corrected chi connectivity index (χ4v) is 4.34. The van der Waals surface area contributed by atoms with Crippen molar-refractivity contribution in [2.45, 2.75) is 24.1 Å². The van der Waals surface area contributed by atoms with Gasteiger partial charge in [-0.3, -0.25) is 4.68 Å². The van der Waals surface area contributed by atoms with Gasteiger partial charge in [-0.1, -0.05) is 23.2 Å². The van der Waals surface area contributed by atoms with Gasteiger partial charge >= 0.3 is 0 Å². The molecule has 2 rings (SSSR count). The first-order valence-corrected chi connectivity index (χ1v) is 8.88. The topological polar surface area (TPSA) is 64.0 Å². The quantitative estimate of drug-likeness (QED) is 0.812. The summed E-state index contributed by atoms with van der Waals surface area (Å²) in [6, 6.07) is 3.06. The summed E-state index contributed by atoms with van der Waals surface area (Å²) in [5.74, 6) is 0. The molecule has 2 heterocycles. The fourth-order valence-electron chi connectivity index (χ4n) is 1.60. The van der Waals surface area contributed by atoms with Crippen molar-refractivity contribution in [1.82, 2.24) is 14.5 Å². The molecule has 0 unspecified atom stereocenters. The van der Waals surface area contributed by atoms with Gasteiger partial charge in [-0.05, 0) is 25.5 Å². The van der Waals surface area contributed by atoms with E-state index in [0.717, 1.165) is 17.0 Å². The van der Waals surface area contributed by atoms with E-state index in [1.807, 2.05) is 6.92 Å². The number of nitrogens with one attached hydrogen (secondary N) is 1. The standard InChI is InChI=1S/C11H13Cl2N3O2S2/c1-8-9(12)7-14-16(8)6-2-5-15-20(17,18)11-4-3-10(13)19-11/h3-4,7,15H,2,5-6H2,1H3. The van der Waals surface area contributed by atoms with E-state index >= 15 is 0 Å². The van der Waals surface area contributed by atoms with Crippen LogP contribution in [0, 0.1) is 6.92 Å². The first-order chi connectivity index (χ1) is 9.40. The highest BCUT2D eigenvalue weighted by Gasteiger charge is 2.15. The zero-order valence-corrected chi connectivity index (χ0v) is 13.8. The second-order valence-electron chi connectivity index (χ2n) is 4.11. The highest BCUT2D eigenvalue weighted by molar-refractivity contribution is 7.91. The van der Waals surface area contributed by atoms with Crippen LogP contribution >= 0.6 is 34.5 Å². The molecule has 2 aromatic rings. The van der Waals surface area contributed by atoms with Crippen LogP contribution in [0.25, 0.3) is 0 Å². The molecule has 0 bridgehead atoms. The van der Waals surface area contributed by atoms with Crippen LogP contribution in [0.15, 0.2) is 22.5 Å². The monoisotopic (exact) mass is 353 g/mol. The van der Waals surface area contributed by atoms with Crippen LogP contribution in [0.3, 0.4) is 0 Å². The van der Waals surface area contributed by atoms with Crippen LogP contribution in [0.4, 0.5) is 0 Å². The van der Waals surface area contributed by atoms with Gasteiger partial charge in [-0.15, -0.1) is 11.3 Å². The van der Waals surface area contributed by atoms with E-state index < -0.39 is 10.0 Å². The molecule has 5 nitrogen and oxygen atoms in total. The van der Waals surface area contributed by atoms with Gasteiger partial charge in [-0.2, -0.15) is 5.10 Å². The number of hydrogen-bond acceptors (Lipinski definition) is 4. The molecule has 0 aliphatic rings. The summed E-state index contributed by atoms with van der Waals surface area (Å²) in [6.07, 6.45) is 2.20. The minimum atomic E-state index is -3.47. The normalized spacial score (nSPS) is 11.9. The molecule has 0 aromatic carbocycles. The molecule has 0 atom stereocenters. The average Bonchev–Trinajstić information content (AvgIpc) is 2.95. The van der Waals surface area contributed by atoms with Crippen LogP contribution in [0.1, 0.15) is 12.1 Å². The fraction of sp³-hybridized carbons (Fsp3) is 0.364. The first-order valence-electron chi connectivity index (χ1n) is 5.83. The third-order valence-corrected chi connectivity index (χ3v) is 6.25. The number of hydrogen-bond donors (Lipinski definition) is 1. The summed E-state index contributed by atoms with van der Waals surface area (Å²) in [5, 5.41) is 4.71. The molecule has 9 heteroatoms. The Morgan fingerprint density at radius 1 is 1.40 bits per heavy atom. The minimum absolute atomic E-state index is 0.223. The smallest absolute Gasteiger partial charge is 0.250 e. The Hall–Kier alpha value is -0.600. The Morgan fingerprint density at radius 2 is 2.15 bits per heavy atom. The van der Waals surface area contributed by atoms with Gasteiger partial charge in [0.05, 0.1) is 21.2 Å². The van der Waals surface area contributed by atoms with Crippen molar-refractivity contribution in [2.75, 3.05) is 6.54 Å². The van der Waals surface area contributed by atoms with Crippen molar-refractivity contribution in [3.63, 3.8) is 0 Å². The number of aromatic nitrogens is 2. The predicted octanol–water partition coefficient (Wildman–Crippen LogP) is 2.93. The third-order valence-electron chi connectivity index (χ3n) is 2.70. The van der Waals surface area contributed by atoms with E-state index in [1.165, 1.54) is 6.07 Å². The van der Waals surface area contributed by atoms with Crippen molar-refractivity contribution in [3.05, 3.63) is 33.4 Å². The van der Waals surface area contributed by atoms with Crippen molar-refractivity contribution < 1.29 is 8.42 Å². The lowest BCUT2D eigenvalue weighted by Crippen LogP contribution is -2.25. The number of rotatable bonds is 6. The van der Waals surface area contributed by atoms with E-state index in [2.05, 4.69) is 9.82 Å². The highest BCUT2D eigenvalue weighted by Crippen LogP contribution is 2.25. The zero-order valence-electron chi connectivity index (χ0n) is 10.6. The number of halogens is 2. The summed E-state index contributed by atoms with van der Waals surface area (Å²) in [6.45, 7) is 2.80. The SMILES string of the molecule is Cc1c(Cl)cnn1CCCNS(=O)(=O)c1ccc(Cl)s1. The van der Waals surface area contributed by atoms with Crippen molar-refractivity contribution >= 4 is 44.6 Å². The van der Waals surface area contributed by atoms with Gasteiger partial charge in [0, 0.05) is 13.1 Å². The molecule has 0 saturated heterocycles. The lowest BCUT2D eigenvalue weighted by Gasteiger charge is -2.06. The summed E-state index contributed by atoms with van der Waals surface area (Å²) in [4.78, 5) is 0. The minimum Gasteiger partial charge on any atom is -0.268 e. The molecule has 2 aromatic heterocycles. The van der Waals surface area contributed by atoms with Crippen molar-refractivity contribution in [2.24, 2.45) is 0 Å². The molecule has 20 heavy (non-hydrogen) atoms. The maximum atomic E-state index is 11.9. The third kappa shape index (κ3) is 3.73. The number of sulfonamides is 1. The molecule has 0 radical (unpaired) electrons. The number of aryl methyl sites for hydroxylation is 1. The molecule has 0 amide bonds. The summed E-state index contributed by atoms with van der Waals surface area (Å²) < 4.78 is 28.8. The Balaban J connectivity index is 1.86. The lowest BCUT2D eigenvalue weighted by atomic mass is 10.4. The molecule has 0 fully saturated rings. The second-order valence-corrected chi connectivity index (χ2v) is 8.23. The van der Waals surface area contributed by atoms with Gasteiger partial charge < -0.3 is 0 Å². The summed E-state index contributed by atoms with van der Waals surface area (Å²) >= 11 is 12.7. The van der Waals surface area contributed by atoms with Gasteiger partial charge in [-0.25, -0.2) is 13.1 Å². The second kappa shape index (κ2) is 6.44. The maximum absolute atomic E-state index is 11.9. The predicted molar refractivity (Wildman–Crippen MR) is 81.1 cm³/mol. The van der Waals surface area contributed by atoms with Crippen LogP contribution in [-0.4, -0.2) is 24.7 Å². The van der Waals surface area contributed by atoms with E-state index in [0.29, 0.717) is 28.9 Å². The molecule has 1 N–H and O–H groups in total. The molecular formula is C11H13Cl2N3O2S2. The zero-order chi connectivity index (χ0) is 14.8. The van der Waals surface area contributed by atoms with Crippen LogP contribution in [0.5, 0.6) is 0 Å². The summed E-state index contributed by atoms with van der Waals surface area (Å²) in [7, 11) is -3.47. The van der Waals surface area contributed by atoms with Crippen LogP contribution < -0.4 is 4.72 Å². The molecule has 110 valence electrons. The largest absolute Gasteiger partial charge is 0.268 e. The van der Waals surface area contributed by atoms with Gasteiger partial charge in [0.15, 0.2) is 0 Å². The van der Waals surface area contributed by atoms with E-state index in [-0.39, 0.29) is 4.21 Å². The molecule has 0 aliphatic heterocycles. The van der Waals surface area contributed by atoms with Gasteiger partial charge in [0.25, 0.3) is 0 Å². The molecule has 0 aliphatic carbocycles. The Bertz CT molecular complexity index is 694. The van der Waals surface area contributed by atoms with Gasteiger partial charge in [0.1, 0.15) is 4.21 Å². The van der Waals surface area contributed by atoms with Crippen LogP contribution in [0.2, 0.25) is 9.36 Å². The van der Waals surface area contributed by atoms with E-state index in [1.54, 1.807) is 16.9 Å². The first kappa shape index (κ1) is 15.8. The average molecular weight is 354 g/mol. The number of thiophene rings is 1. The molecule has 0 saturated carbocycles. The maximum Gasteiger partial charge on any atom is 0.250 e. The van der Waals surface area contributed by atoms with E-state index in [4.69, 9.17) is 23.2 Å². The van der Waals surface area contributed by atoms with Crippen molar-refractivity contribution in [1.29, 1.82) is 0 Å². The van der Waals surface area contributed by atoms with Crippen molar-refractivity contribution in [3.8, 4) is 0 Å². The Kier molecular flexibility index (Phi) is 5.09.